The molecule has 2 aliphatic heterocycles. The largest absolute Gasteiger partial charge is 0.462 e. The first-order chi connectivity index (χ1) is 16.7. The highest BCUT2D eigenvalue weighted by Crippen LogP contribution is 2.71. The molecular weight excluding hydrogens is 476 g/mol. The van der Waals surface area contributed by atoms with Crippen molar-refractivity contribution in [2.24, 2.45) is 17.8 Å². The molecule has 6 aliphatic rings. The van der Waals surface area contributed by atoms with Crippen molar-refractivity contribution in [1.82, 2.24) is 0 Å². The van der Waals surface area contributed by atoms with Gasteiger partial charge in [-0.25, -0.2) is 4.89 Å². The van der Waals surface area contributed by atoms with E-state index in [1.165, 1.54) is 0 Å². The number of aryl methyl sites for hydroxylation is 1. The van der Waals surface area contributed by atoms with E-state index in [1.807, 2.05) is 32.0 Å². The number of aliphatic hydroxyl groups is 3. The van der Waals surface area contributed by atoms with E-state index in [9.17, 15) is 15.3 Å². The Morgan fingerprint density at radius 2 is 1.74 bits per heavy atom. The van der Waals surface area contributed by atoms with E-state index in [1.54, 1.807) is 7.11 Å². The van der Waals surface area contributed by atoms with Crippen LogP contribution >= 0.6 is 11.6 Å². The summed E-state index contributed by atoms with van der Waals surface area (Å²) in [4.78, 5) is 11.8. The summed E-state index contributed by atoms with van der Waals surface area (Å²) < 4.78 is 18.0. The number of ether oxygens (including phenoxy) is 3. The molecule has 6 fully saturated rings. The number of benzene rings is 1. The second-order valence-electron chi connectivity index (χ2n) is 11.3. The molecule has 0 radical (unpaired) electrons. The van der Waals surface area contributed by atoms with Crippen molar-refractivity contribution in [2.45, 2.75) is 99.3 Å². The highest BCUT2D eigenvalue weighted by molar-refractivity contribution is 6.24. The van der Waals surface area contributed by atoms with Crippen LogP contribution in [-0.4, -0.2) is 63.6 Å². The van der Waals surface area contributed by atoms with Crippen LogP contribution in [-0.2, 0) is 25.0 Å². The molecule has 9 heteroatoms. The smallest absolute Gasteiger partial charge is 0.260 e. The molecule has 1 spiro atoms. The average Bonchev–Trinajstić information content (AvgIpc) is 2.80. The molecule has 8 unspecified atom stereocenters. The van der Waals surface area contributed by atoms with Crippen molar-refractivity contribution in [3.05, 3.63) is 29.3 Å². The summed E-state index contributed by atoms with van der Waals surface area (Å²) in [7, 11) is 1.64. The SMILES string of the molecule is CCC1OC(Oc2cc(C3(OC)OOC34C3CC5CC4CC(Cl)(C5)C3)ccc2C)C(O)C(O)C1O. The van der Waals surface area contributed by atoms with Crippen molar-refractivity contribution in [3.63, 3.8) is 0 Å². The molecule has 7 rings (SSSR count). The zero-order valence-electron chi connectivity index (χ0n) is 20.4. The third-order valence-corrected chi connectivity index (χ3v) is 9.77. The predicted molar refractivity (Wildman–Crippen MR) is 125 cm³/mol. The Balaban J connectivity index is 1.32. The molecule has 194 valence electrons. The summed E-state index contributed by atoms with van der Waals surface area (Å²) >= 11 is 7.00. The minimum Gasteiger partial charge on any atom is -0.462 e. The van der Waals surface area contributed by atoms with Crippen LogP contribution in [0.2, 0.25) is 0 Å². The number of hydrogen-bond acceptors (Lipinski definition) is 8. The lowest BCUT2D eigenvalue weighted by Crippen LogP contribution is -2.78. The van der Waals surface area contributed by atoms with Crippen LogP contribution in [0.15, 0.2) is 18.2 Å². The van der Waals surface area contributed by atoms with Crippen molar-refractivity contribution in [1.29, 1.82) is 0 Å². The molecule has 2 heterocycles. The molecule has 1 aromatic carbocycles. The molecule has 1 aromatic rings. The second kappa shape index (κ2) is 8.27. The lowest BCUT2D eigenvalue weighted by molar-refractivity contribution is -0.645. The third kappa shape index (κ3) is 3.31. The van der Waals surface area contributed by atoms with Gasteiger partial charge in [-0.05, 0) is 74.8 Å². The molecule has 3 N–H and O–H groups in total. The van der Waals surface area contributed by atoms with Gasteiger partial charge >= 0.3 is 0 Å². The van der Waals surface area contributed by atoms with Crippen LogP contribution in [0.25, 0.3) is 0 Å². The van der Waals surface area contributed by atoms with Crippen LogP contribution in [0.5, 0.6) is 5.75 Å². The minimum atomic E-state index is -1.40. The van der Waals surface area contributed by atoms with E-state index in [2.05, 4.69) is 0 Å². The molecule has 2 saturated heterocycles. The molecule has 0 aromatic heterocycles. The minimum absolute atomic E-state index is 0.155. The summed E-state index contributed by atoms with van der Waals surface area (Å²) in [5, 5.41) is 31.0. The zero-order chi connectivity index (χ0) is 24.8. The van der Waals surface area contributed by atoms with Gasteiger partial charge in [-0.2, -0.15) is 4.89 Å². The first-order valence-corrected chi connectivity index (χ1v) is 13.1. The highest BCUT2D eigenvalue weighted by atomic mass is 35.5. The summed E-state index contributed by atoms with van der Waals surface area (Å²) in [6.45, 7) is 3.73. The molecule has 35 heavy (non-hydrogen) atoms. The quantitative estimate of drug-likeness (QED) is 0.410. The van der Waals surface area contributed by atoms with E-state index < -0.39 is 42.1 Å². The Morgan fingerprint density at radius 3 is 2.31 bits per heavy atom. The molecule has 4 saturated carbocycles. The average molecular weight is 511 g/mol. The topological polar surface area (TPSA) is 107 Å². The van der Waals surface area contributed by atoms with Gasteiger partial charge in [0.25, 0.3) is 5.79 Å². The second-order valence-corrected chi connectivity index (χ2v) is 12.1. The van der Waals surface area contributed by atoms with Crippen LogP contribution < -0.4 is 4.74 Å². The maximum atomic E-state index is 10.5. The molecule has 8 atom stereocenters. The van der Waals surface area contributed by atoms with Gasteiger partial charge < -0.3 is 29.5 Å². The lowest BCUT2D eigenvalue weighted by Gasteiger charge is -2.70. The number of alkyl halides is 1. The maximum Gasteiger partial charge on any atom is 0.260 e. The monoisotopic (exact) mass is 510 g/mol. The molecular formula is C26H35ClO8. The van der Waals surface area contributed by atoms with Gasteiger partial charge in [0.1, 0.15) is 24.1 Å². The number of hydrogen-bond donors (Lipinski definition) is 3. The number of methoxy groups -OCH3 is 1. The Bertz CT molecular complexity index is 966. The fourth-order valence-electron chi connectivity index (χ4n) is 7.75. The fraction of sp³-hybridized carbons (Fsp3) is 0.769. The third-order valence-electron chi connectivity index (χ3n) is 9.31. The van der Waals surface area contributed by atoms with Crippen molar-refractivity contribution >= 4 is 11.6 Å². The number of aliphatic hydroxyl groups excluding tert-OH is 3. The lowest BCUT2D eigenvalue weighted by atomic mass is 9.46. The van der Waals surface area contributed by atoms with Crippen LogP contribution in [0.3, 0.4) is 0 Å². The van der Waals surface area contributed by atoms with E-state index >= 15 is 0 Å². The molecule has 4 bridgehead atoms. The zero-order valence-corrected chi connectivity index (χ0v) is 21.1. The summed E-state index contributed by atoms with van der Waals surface area (Å²) in [5.41, 5.74) is 0.974. The predicted octanol–water partition coefficient (Wildman–Crippen LogP) is 2.91. The fourth-order valence-corrected chi connectivity index (χ4v) is 8.34. The Kier molecular flexibility index (Phi) is 5.76. The van der Waals surface area contributed by atoms with E-state index in [0.717, 1.165) is 43.2 Å². The van der Waals surface area contributed by atoms with E-state index in [-0.39, 0.29) is 16.7 Å². The van der Waals surface area contributed by atoms with E-state index in [4.69, 9.17) is 35.6 Å². The van der Waals surface area contributed by atoms with Gasteiger partial charge in [0, 0.05) is 17.5 Å². The Labute approximate surface area is 210 Å². The number of halogens is 1. The molecule has 0 amide bonds. The van der Waals surface area contributed by atoms with Gasteiger partial charge in [0.05, 0.1) is 6.10 Å². The van der Waals surface area contributed by atoms with Gasteiger partial charge in [0.2, 0.25) is 6.29 Å². The molecule has 4 aliphatic carbocycles. The van der Waals surface area contributed by atoms with Gasteiger partial charge in [-0.15, -0.1) is 11.6 Å². The van der Waals surface area contributed by atoms with Crippen LogP contribution in [0.4, 0.5) is 0 Å². The van der Waals surface area contributed by atoms with Gasteiger partial charge in [0.15, 0.2) is 5.60 Å². The molecule has 8 nitrogen and oxygen atoms in total. The van der Waals surface area contributed by atoms with Crippen LogP contribution in [0.1, 0.15) is 56.6 Å². The standard InChI is InChI=1S/C26H35ClO8/c1-4-18-20(28)21(29)22(30)23(32-18)33-19-9-15(6-5-13(19)2)26(31-3)25(34-35-26)16-7-14-8-17(25)12-24(27,10-14)11-16/h5-6,9,14,16-18,20-23,28-30H,4,7-8,10-12H2,1-3H3. The first kappa shape index (κ1) is 24.4. The maximum absolute atomic E-state index is 10.5. The Morgan fingerprint density at radius 1 is 1.03 bits per heavy atom. The van der Waals surface area contributed by atoms with Crippen LogP contribution in [0, 0.1) is 24.7 Å². The van der Waals surface area contributed by atoms with Crippen molar-refractivity contribution in [2.75, 3.05) is 7.11 Å². The first-order valence-electron chi connectivity index (χ1n) is 12.7. The summed E-state index contributed by atoms with van der Waals surface area (Å²) in [6, 6.07) is 5.72. The highest BCUT2D eigenvalue weighted by Gasteiger charge is 2.78. The summed E-state index contributed by atoms with van der Waals surface area (Å²) in [5.74, 6) is 0.462. The van der Waals surface area contributed by atoms with E-state index in [0.29, 0.717) is 18.1 Å². The normalized spacial score (nSPS) is 50.4. The number of rotatable bonds is 5. The van der Waals surface area contributed by atoms with Gasteiger partial charge in [-0.1, -0.05) is 19.1 Å². The van der Waals surface area contributed by atoms with Crippen molar-refractivity contribution in [3.8, 4) is 5.75 Å². The van der Waals surface area contributed by atoms with Gasteiger partial charge in [-0.3, -0.25) is 0 Å². The Hall–Kier alpha value is -0.970. The van der Waals surface area contributed by atoms with Crippen molar-refractivity contribution < 1.29 is 39.3 Å². The summed E-state index contributed by atoms with van der Waals surface area (Å²) in [6.07, 6.45) is -0.309.